The predicted octanol–water partition coefficient (Wildman–Crippen LogP) is 0.939. The molecule has 0 aliphatic carbocycles. The minimum absolute atomic E-state index is 0.190. The number of nitrogens with zero attached hydrogens (tertiary/aromatic N) is 4. The van der Waals surface area contributed by atoms with Crippen LogP contribution in [0.1, 0.15) is 45.5 Å². The van der Waals surface area contributed by atoms with Crippen LogP contribution in [0.3, 0.4) is 0 Å². The van der Waals surface area contributed by atoms with Crippen molar-refractivity contribution in [1.29, 1.82) is 0 Å². The Bertz CT molecular complexity index is 696. The number of urea groups is 1. The number of rotatable bonds is 4. The van der Waals surface area contributed by atoms with Crippen LogP contribution in [-0.4, -0.2) is 62.4 Å². The number of aryl methyl sites for hydroxylation is 1. The van der Waals surface area contributed by atoms with Crippen LogP contribution in [0.4, 0.5) is 4.79 Å². The van der Waals surface area contributed by atoms with Crippen LogP contribution in [-0.2, 0) is 16.0 Å². The topological polar surface area (TPSA) is 87.5 Å². The van der Waals surface area contributed by atoms with Crippen LogP contribution in [0.5, 0.6) is 0 Å². The van der Waals surface area contributed by atoms with Crippen molar-refractivity contribution < 1.29 is 14.4 Å². The number of aromatic nitrogens is 2. The van der Waals surface area contributed by atoms with Gasteiger partial charge < -0.3 is 14.8 Å². The maximum absolute atomic E-state index is 12.7. The van der Waals surface area contributed by atoms with E-state index >= 15 is 0 Å². The lowest BCUT2D eigenvalue weighted by Gasteiger charge is -2.34. The van der Waals surface area contributed by atoms with E-state index in [1.807, 2.05) is 6.20 Å². The zero-order valence-corrected chi connectivity index (χ0v) is 15.0. The third kappa shape index (κ3) is 3.25. The number of carbonyl (C=O) groups is 3. The molecule has 1 atom stereocenters. The normalized spacial score (nSPS) is 23.1. The average molecular weight is 347 g/mol. The van der Waals surface area contributed by atoms with Gasteiger partial charge in [-0.25, -0.2) is 9.78 Å². The van der Waals surface area contributed by atoms with Gasteiger partial charge >= 0.3 is 6.03 Å². The second-order valence-electron chi connectivity index (χ2n) is 7.19. The number of piperidine rings is 1. The molecular formula is C17H25N5O3. The van der Waals surface area contributed by atoms with Gasteiger partial charge in [-0.3, -0.25) is 14.5 Å². The molecule has 2 saturated heterocycles. The van der Waals surface area contributed by atoms with Gasteiger partial charge in [-0.15, -0.1) is 0 Å². The Morgan fingerprint density at radius 2 is 2.16 bits per heavy atom. The summed E-state index contributed by atoms with van der Waals surface area (Å²) in [5, 5.41) is 2.60. The fourth-order valence-electron chi connectivity index (χ4n) is 3.56. The van der Waals surface area contributed by atoms with Gasteiger partial charge in [0.25, 0.3) is 5.91 Å². The molecule has 0 spiro atoms. The Labute approximate surface area is 147 Å². The van der Waals surface area contributed by atoms with E-state index in [0.29, 0.717) is 13.1 Å². The molecule has 1 aromatic rings. The number of amides is 4. The molecule has 2 fully saturated rings. The van der Waals surface area contributed by atoms with Crippen LogP contribution in [0, 0.1) is 0 Å². The molecule has 0 aromatic carbocycles. The van der Waals surface area contributed by atoms with Gasteiger partial charge in [0.15, 0.2) is 0 Å². The van der Waals surface area contributed by atoms with E-state index in [4.69, 9.17) is 0 Å². The molecule has 3 heterocycles. The summed E-state index contributed by atoms with van der Waals surface area (Å²) >= 11 is 0. The smallest absolute Gasteiger partial charge is 0.325 e. The Morgan fingerprint density at radius 1 is 1.40 bits per heavy atom. The quantitative estimate of drug-likeness (QED) is 0.821. The molecule has 25 heavy (non-hydrogen) atoms. The highest BCUT2D eigenvalue weighted by Gasteiger charge is 2.45. The highest BCUT2D eigenvalue weighted by atomic mass is 16.2. The molecule has 0 radical (unpaired) electrons. The lowest BCUT2D eigenvalue weighted by Crippen LogP contribution is -2.47. The van der Waals surface area contributed by atoms with Crippen LogP contribution in [0.2, 0.25) is 0 Å². The van der Waals surface area contributed by atoms with Crippen LogP contribution in [0.15, 0.2) is 12.4 Å². The molecule has 8 nitrogen and oxygen atoms in total. The van der Waals surface area contributed by atoms with E-state index in [9.17, 15) is 14.4 Å². The largest absolute Gasteiger partial charge is 0.339 e. The van der Waals surface area contributed by atoms with Gasteiger partial charge in [0.2, 0.25) is 5.91 Å². The minimum Gasteiger partial charge on any atom is -0.339 e. The van der Waals surface area contributed by atoms with Crippen LogP contribution < -0.4 is 5.32 Å². The van der Waals surface area contributed by atoms with Crippen LogP contribution in [0.25, 0.3) is 0 Å². The lowest BCUT2D eigenvalue weighted by molar-refractivity contribution is -0.139. The average Bonchev–Trinajstić information content (AvgIpc) is 3.13. The van der Waals surface area contributed by atoms with Crippen molar-refractivity contribution in [2.24, 2.45) is 0 Å². The fourth-order valence-corrected chi connectivity index (χ4v) is 3.56. The van der Waals surface area contributed by atoms with Gasteiger partial charge in [-0.1, -0.05) is 6.92 Å². The Balaban J connectivity index is 1.67. The maximum Gasteiger partial charge on any atom is 0.325 e. The van der Waals surface area contributed by atoms with E-state index in [2.05, 4.69) is 21.8 Å². The second kappa shape index (κ2) is 6.50. The summed E-state index contributed by atoms with van der Waals surface area (Å²) in [5.41, 5.74) is -0.950. The van der Waals surface area contributed by atoms with Crippen molar-refractivity contribution in [2.75, 3.05) is 19.6 Å². The minimum atomic E-state index is -0.950. The highest BCUT2D eigenvalue weighted by Crippen LogP contribution is 2.24. The molecule has 1 unspecified atom stereocenters. The van der Waals surface area contributed by atoms with Crippen molar-refractivity contribution in [3.05, 3.63) is 18.2 Å². The Kier molecular flexibility index (Phi) is 4.53. The van der Waals surface area contributed by atoms with E-state index < -0.39 is 11.6 Å². The van der Waals surface area contributed by atoms with E-state index in [1.165, 1.54) is 0 Å². The number of imide groups is 1. The summed E-state index contributed by atoms with van der Waals surface area (Å²) < 4.78 is 2.14. The standard InChI is InChI=1S/C17H25N5O3/c1-4-13-18-7-9-21(13)12-6-5-8-20(10-12)14(23)11-22-15(24)17(2,3)19-16(22)25/h7,9,12H,4-6,8,10-11H2,1-3H3,(H,19,25). The Morgan fingerprint density at radius 3 is 2.80 bits per heavy atom. The molecular weight excluding hydrogens is 322 g/mol. The third-order valence-corrected chi connectivity index (χ3v) is 4.95. The molecule has 8 heteroatoms. The number of likely N-dealkylation sites (tertiary alicyclic amines) is 1. The van der Waals surface area contributed by atoms with Crippen molar-refractivity contribution >= 4 is 17.8 Å². The zero-order chi connectivity index (χ0) is 18.2. The van der Waals surface area contributed by atoms with Gasteiger partial charge in [0, 0.05) is 31.9 Å². The fraction of sp³-hybridized carbons (Fsp3) is 0.647. The molecule has 3 rings (SSSR count). The number of hydrogen-bond acceptors (Lipinski definition) is 4. The van der Waals surface area contributed by atoms with Crippen molar-refractivity contribution in [2.45, 2.75) is 51.6 Å². The maximum atomic E-state index is 12.7. The van der Waals surface area contributed by atoms with E-state index in [0.717, 1.165) is 30.0 Å². The summed E-state index contributed by atoms with van der Waals surface area (Å²) in [7, 11) is 0. The molecule has 4 amide bonds. The SMILES string of the molecule is CCc1nccn1C1CCCN(C(=O)CN2C(=O)NC(C)(C)C2=O)C1. The summed E-state index contributed by atoms with van der Waals surface area (Å²) in [6.07, 6.45) is 6.47. The first-order valence-electron chi connectivity index (χ1n) is 8.77. The second-order valence-corrected chi connectivity index (χ2v) is 7.19. The molecule has 2 aliphatic rings. The van der Waals surface area contributed by atoms with Gasteiger partial charge in [-0.2, -0.15) is 0 Å². The monoisotopic (exact) mass is 347 g/mol. The first-order chi connectivity index (χ1) is 11.8. The van der Waals surface area contributed by atoms with Crippen molar-refractivity contribution in [3.8, 4) is 0 Å². The van der Waals surface area contributed by atoms with Crippen molar-refractivity contribution in [1.82, 2.24) is 24.7 Å². The summed E-state index contributed by atoms with van der Waals surface area (Å²) in [4.78, 5) is 44.0. The first kappa shape index (κ1) is 17.4. The van der Waals surface area contributed by atoms with E-state index in [1.54, 1.807) is 24.9 Å². The number of imidazole rings is 1. The first-order valence-corrected chi connectivity index (χ1v) is 8.77. The molecule has 0 bridgehead atoms. The molecule has 2 aliphatic heterocycles. The molecule has 136 valence electrons. The summed E-state index contributed by atoms with van der Waals surface area (Å²) in [6, 6.07) is -0.311. The zero-order valence-electron chi connectivity index (χ0n) is 15.0. The summed E-state index contributed by atoms with van der Waals surface area (Å²) in [5.74, 6) is 0.460. The highest BCUT2D eigenvalue weighted by molar-refractivity contribution is 6.08. The van der Waals surface area contributed by atoms with E-state index in [-0.39, 0.29) is 24.4 Å². The van der Waals surface area contributed by atoms with Crippen LogP contribution >= 0.6 is 0 Å². The third-order valence-electron chi connectivity index (χ3n) is 4.95. The lowest BCUT2D eigenvalue weighted by atomic mass is 10.0. The number of carbonyl (C=O) groups excluding carboxylic acids is 3. The molecule has 1 N–H and O–H groups in total. The molecule has 1 aromatic heterocycles. The van der Waals surface area contributed by atoms with Crippen molar-refractivity contribution in [3.63, 3.8) is 0 Å². The predicted molar refractivity (Wildman–Crippen MR) is 90.8 cm³/mol. The Hall–Kier alpha value is -2.38. The summed E-state index contributed by atoms with van der Waals surface area (Å²) in [6.45, 7) is 6.36. The van der Waals surface area contributed by atoms with Gasteiger partial charge in [0.1, 0.15) is 17.9 Å². The number of nitrogens with one attached hydrogen (secondary N) is 1. The van der Waals surface area contributed by atoms with Gasteiger partial charge in [-0.05, 0) is 26.7 Å². The molecule has 0 saturated carbocycles. The number of hydrogen-bond donors (Lipinski definition) is 1. The van der Waals surface area contributed by atoms with Gasteiger partial charge in [0.05, 0.1) is 6.04 Å².